The van der Waals surface area contributed by atoms with Gasteiger partial charge < -0.3 is 10.1 Å². The van der Waals surface area contributed by atoms with E-state index in [4.69, 9.17) is 4.74 Å². The summed E-state index contributed by atoms with van der Waals surface area (Å²) in [5.74, 6) is 0.720. The molecular formula is C19H17BrN2O2S. The highest BCUT2D eigenvalue weighted by molar-refractivity contribution is 9.10. The zero-order valence-electron chi connectivity index (χ0n) is 13.7. The fourth-order valence-corrected chi connectivity index (χ4v) is 3.29. The van der Waals surface area contributed by atoms with Gasteiger partial charge in [-0.05, 0) is 47.1 Å². The summed E-state index contributed by atoms with van der Waals surface area (Å²) in [5.41, 5.74) is 2.70. The third-order valence-electron chi connectivity index (χ3n) is 3.47. The second-order valence-electron chi connectivity index (χ2n) is 5.54. The van der Waals surface area contributed by atoms with Gasteiger partial charge in [0.2, 0.25) is 5.91 Å². The highest BCUT2D eigenvalue weighted by atomic mass is 79.9. The number of benzene rings is 2. The van der Waals surface area contributed by atoms with Crippen LogP contribution in [0.25, 0.3) is 0 Å². The molecule has 0 atom stereocenters. The number of rotatable bonds is 6. The fraction of sp³-hybridized carbons (Fsp3) is 0.158. The van der Waals surface area contributed by atoms with E-state index in [0.717, 1.165) is 26.6 Å². The number of carbonyl (C=O) groups excluding carboxylic acids is 1. The lowest BCUT2D eigenvalue weighted by Crippen LogP contribution is -2.15. The molecule has 128 valence electrons. The predicted molar refractivity (Wildman–Crippen MR) is 104 cm³/mol. The van der Waals surface area contributed by atoms with Crippen LogP contribution in [0.5, 0.6) is 5.75 Å². The van der Waals surface area contributed by atoms with Crippen LogP contribution in [0, 0.1) is 6.92 Å². The Balaban J connectivity index is 1.53. The molecule has 1 amide bonds. The van der Waals surface area contributed by atoms with Gasteiger partial charge in [0.25, 0.3) is 0 Å². The molecule has 1 heterocycles. The number of anilines is 1. The van der Waals surface area contributed by atoms with Crippen molar-refractivity contribution in [2.45, 2.75) is 20.0 Å². The lowest BCUT2D eigenvalue weighted by molar-refractivity contribution is -0.115. The first-order valence-corrected chi connectivity index (χ1v) is 9.44. The van der Waals surface area contributed by atoms with Gasteiger partial charge in [-0.15, -0.1) is 11.3 Å². The number of nitrogens with zero attached hydrogens (tertiary/aromatic N) is 1. The number of amides is 1. The molecular weight excluding hydrogens is 400 g/mol. The first-order valence-electron chi connectivity index (χ1n) is 7.77. The van der Waals surface area contributed by atoms with Crippen LogP contribution < -0.4 is 10.1 Å². The molecule has 3 rings (SSSR count). The summed E-state index contributed by atoms with van der Waals surface area (Å²) in [5, 5.41) is 5.63. The predicted octanol–water partition coefficient (Wildman–Crippen LogP) is 4.97. The van der Waals surface area contributed by atoms with Crippen LogP contribution in [0.15, 0.2) is 58.4 Å². The lowest BCUT2D eigenvalue weighted by atomic mass is 10.2. The average Bonchev–Trinajstić information content (AvgIpc) is 3.04. The van der Waals surface area contributed by atoms with Gasteiger partial charge in [-0.1, -0.05) is 29.8 Å². The summed E-state index contributed by atoms with van der Waals surface area (Å²) >= 11 is 4.91. The molecule has 2 aromatic carbocycles. The highest BCUT2D eigenvalue weighted by Crippen LogP contribution is 2.21. The molecule has 3 aromatic rings. The van der Waals surface area contributed by atoms with E-state index < -0.39 is 0 Å². The molecule has 0 spiro atoms. The Labute approximate surface area is 159 Å². The SMILES string of the molecule is Cc1ccc(OCc2nc(CC(=O)Nc3ccccc3Br)cs2)cc1. The number of halogens is 1. The number of thiazole rings is 1. The van der Waals surface area contributed by atoms with E-state index in [1.54, 1.807) is 0 Å². The Morgan fingerprint density at radius 1 is 1.20 bits per heavy atom. The minimum atomic E-state index is -0.0943. The number of ether oxygens (including phenoxy) is 1. The van der Waals surface area contributed by atoms with Crippen LogP contribution in [0.2, 0.25) is 0 Å². The van der Waals surface area contributed by atoms with Gasteiger partial charge in [-0.3, -0.25) is 4.79 Å². The number of nitrogens with one attached hydrogen (secondary N) is 1. The van der Waals surface area contributed by atoms with Crippen LogP contribution >= 0.6 is 27.3 Å². The summed E-state index contributed by atoms with van der Waals surface area (Å²) in [4.78, 5) is 16.6. The molecule has 0 unspecified atom stereocenters. The van der Waals surface area contributed by atoms with Gasteiger partial charge in [0.15, 0.2) is 0 Å². The van der Waals surface area contributed by atoms with Crippen molar-refractivity contribution in [3.8, 4) is 5.75 Å². The molecule has 25 heavy (non-hydrogen) atoms. The third kappa shape index (κ3) is 5.14. The van der Waals surface area contributed by atoms with Gasteiger partial charge in [0.05, 0.1) is 17.8 Å². The Kier molecular flexibility index (Phi) is 5.83. The number of carbonyl (C=O) groups is 1. The normalized spacial score (nSPS) is 10.5. The van der Waals surface area contributed by atoms with Crippen molar-refractivity contribution >= 4 is 38.9 Å². The van der Waals surface area contributed by atoms with E-state index in [1.807, 2.05) is 60.8 Å². The van der Waals surface area contributed by atoms with E-state index in [9.17, 15) is 4.79 Å². The molecule has 0 aliphatic heterocycles. The second-order valence-corrected chi connectivity index (χ2v) is 7.34. The Morgan fingerprint density at radius 3 is 2.72 bits per heavy atom. The quantitative estimate of drug-likeness (QED) is 0.616. The molecule has 6 heteroatoms. The fourth-order valence-electron chi connectivity index (χ4n) is 2.20. The smallest absolute Gasteiger partial charge is 0.230 e. The maximum atomic E-state index is 12.2. The molecule has 0 saturated carbocycles. The molecule has 0 saturated heterocycles. The first kappa shape index (κ1) is 17.6. The molecule has 4 nitrogen and oxygen atoms in total. The van der Waals surface area contributed by atoms with Crippen LogP contribution in [0.3, 0.4) is 0 Å². The van der Waals surface area contributed by atoms with Crippen molar-refractivity contribution in [1.82, 2.24) is 4.98 Å². The summed E-state index contributed by atoms with van der Waals surface area (Å²) < 4.78 is 6.57. The van der Waals surface area contributed by atoms with Crippen molar-refractivity contribution in [3.05, 3.63) is 74.6 Å². The summed E-state index contributed by atoms with van der Waals surface area (Å²) in [7, 11) is 0. The lowest BCUT2D eigenvalue weighted by Gasteiger charge is -2.06. The summed E-state index contributed by atoms with van der Waals surface area (Å²) in [6.07, 6.45) is 0.238. The van der Waals surface area contributed by atoms with E-state index in [-0.39, 0.29) is 12.3 Å². The van der Waals surface area contributed by atoms with E-state index in [2.05, 4.69) is 26.2 Å². The molecule has 0 aliphatic carbocycles. The number of hydrogen-bond acceptors (Lipinski definition) is 4. The van der Waals surface area contributed by atoms with Crippen LogP contribution in [0.1, 0.15) is 16.3 Å². The van der Waals surface area contributed by atoms with Gasteiger partial charge >= 0.3 is 0 Å². The van der Waals surface area contributed by atoms with E-state index in [0.29, 0.717) is 6.61 Å². The minimum Gasteiger partial charge on any atom is -0.486 e. The molecule has 0 aliphatic rings. The second kappa shape index (κ2) is 8.27. The zero-order valence-corrected chi connectivity index (χ0v) is 16.1. The number of aromatic nitrogens is 1. The molecule has 0 fully saturated rings. The van der Waals surface area contributed by atoms with Gasteiger partial charge in [-0.25, -0.2) is 4.98 Å². The standard InChI is InChI=1S/C19H17BrN2O2S/c1-13-6-8-15(9-7-13)24-11-19-21-14(12-25-19)10-18(23)22-17-5-3-2-4-16(17)20/h2-9,12H,10-11H2,1H3,(H,22,23). The molecule has 1 N–H and O–H groups in total. The van der Waals surface area contributed by atoms with Crippen molar-refractivity contribution in [2.24, 2.45) is 0 Å². The van der Waals surface area contributed by atoms with Crippen molar-refractivity contribution in [1.29, 1.82) is 0 Å². The average molecular weight is 417 g/mol. The van der Waals surface area contributed by atoms with Crippen LogP contribution in [-0.4, -0.2) is 10.9 Å². The molecule has 0 bridgehead atoms. The van der Waals surface area contributed by atoms with Gasteiger partial charge in [-0.2, -0.15) is 0 Å². The number of aryl methyl sites for hydroxylation is 1. The largest absolute Gasteiger partial charge is 0.486 e. The van der Waals surface area contributed by atoms with Crippen molar-refractivity contribution in [2.75, 3.05) is 5.32 Å². The van der Waals surface area contributed by atoms with Crippen LogP contribution in [0.4, 0.5) is 5.69 Å². The molecule has 0 radical (unpaired) electrons. The summed E-state index contributed by atoms with van der Waals surface area (Å²) in [6.45, 7) is 2.44. The summed E-state index contributed by atoms with van der Waals surface area (Å²) in [6, 6.07) is 15.4. The maximum Gasteiger partial charge on any atom is 0.230 e. The minimum absolute atomic E-state index is 0.0943. The van der Waals surface area contributed by atoms with Gasteiger partial charge in [0.1, 0.15) is 17.4 Å². The van der Waals surface area contributed by atoms with Crippen LogP contribution in [-0.2, 0) is 17.8 Å². The highest BCUT2D eigenvalue weighted by Gasteiger charge is 2.10. The maximum absolute atomic E-state index is 12.2. The van der Waals surface area contributed by atoms with Crippen molar-refractivity contribution < 1.29 is 9.53 Å². The first-order chi connectivity index (χ1) is 12.1. The topological polar surface area (TPSA) is 51.2 Å². The number of para-hydroxylation sites is 1. The van der Waals surface area contributed by atoms with E-state index in [1.165, 1.54) is 16.9 Å². The molecule has 1 aromatic heterocycles. The monoisotopic (exact) mass is 416 g/mol. The Bertz CT molecular complexity index is 862. The zero-order chi connectivity index (χ0) is 17.6. The van der Waals surface area contributed by atoms with Crippen molar-refractivity contribution in [3.63, 3.8) is 0 Å². The number of hydrogen-bond donors (Lipinski definition) is 1. The Morgan fingerprint density at radius 2 is 1.96 bits per heavy atom. The Hall–Kier alpha value is -2.18. The third-order valence-corrected chi connectivity index (χ3v) is 5.03. The van der Waals surface area contributed by atoms with Gasteiger partial charge in [0, 0.05) is 9.85 Å². The van der Waals surface area contributed by atoms with E-state index >= 15 is 0 Å².